The van der Waals surface area contributed by atoms with Crippen LogP contribution in [-0.2, 0) is 0 Å². The van der Waals surface area contributed by atoms with E-state index < -0.39 is 0 Å². The Morgan fingerprint density at radius 2 is 2.40 bits per heavy atom. The fraction of sp³-hybridized carbons (Fsp3) is 0.625. The number of nitrogens with zero attached hydrogens (tertiary/aromatic N) is 1. The van der Waals surface area contributed by atoms with Crippen molar-refractivity contribution < 1.29 is 0 Å². The van der Waals surface area contributed by atoms with Gasteiger partial charge in [0.25, 0.3) is 0 Å². The van der Waals surface area contributed by atoms with Gasteiger partial charge in [0.15, 0.2) is 0 Å². The lowest BCUT2D eigenvalue weighted by atomic mass is 10.3. The molecule has 1 N–H and O–H groups in total. The summed E-state index contributed by atoms with van der Waals surface area (Å²) in [4.78, 5) is 3.98. The SMILES string of the molecule is C=C(/N=C\C)NC(C)CC. The maximum absolute atomic E-state index is 3.98. The third-order valence-electron chi connectivity index (χ3n) is 1.31. The zero-order valence-electron chi connectivity index (χ0n) is 7.02. The van der Waals surface area contributed by atoms with Crippen LogP contribution in [0.15, 0.2) is 17.4 Å². The topological polar surface area (TPSA) is 24.4 Å². The molecule has 0 aliphatic heterocycles. The van der Waals surface area contributed by atoms with Gasteiger partial charge in [-0.3, -0.25) is 0 Å². The maximum Gasteiger partial charge on any atom is 0.118 e. The van der Waals surface area contributed by atoms with Crippen LogP contribution in [0.2, 0.25) is 0 Å². The van der Waals surface area contributed by atoms with Crippen molar-refractivity contribution in [2.45, 2.75) is 33.2 Å². The molecule has 0 bridgehead atoms. The van der Waals surface area contributed by atoms with E-state index in [9.17, 15) is 0 Å². The first kappa shape index (κ1) is 9.21. The first-order valence-corrected chi connectivity index (χ1v) is 3.64. The van der Waals surface area contributed by atoms with Crippen molar-refractivity contribution in [3.63, 3.8) is 0 Å². The van der Waals surface area contributed by atoms with E-state index in [1.165, 1.54) is 0 Å². The van der Waals surface area contributed by atoms with Crippen LogP contribution < -0.4 is 5.32 Å². The van der Waals surface area contributed by atoms with Gasteiger partial charge in [0, 0.05) is 12.3 Å². The van der Waals surface area contributed by atoms with Gasteiger partial charge < -0.3 is 5.32 Å². The Hall–Kier alpha value is -0.790. The Morgan fingerprint density at radius 1 is 1.80 bits per heavy atom. The molecular formula is C8H16N2. The van der Waals surface area contributed by atoms with Gasteiger partial charge in [-0.15, -0.1) is 0 Å². The molecule has 2 heteroatoms. The summed E-state index contributed by atoms with van der Waals surface area (Å²) in [5, 5.41) is 3.14. The Kier molecular flexibility index (Phi) is 4.63. The van der Waals surface area contributed by atoms with E-state index in [0.717, 1.165) is 12.2 Å². The highest BCUT2D eigenvalue weighted by atomic mass is 15.0. The Bertz CT molecular complexity index is 127. The molecule has 0 aliphatic carbocycles. The van der Waals surface area contributed by atoms with Crippen molar-refractivity contribution in [1.82, 2.24) is 5.32 Å². The largest absolute Gasteiger partial charge is 0.368 e. The number of rotatable bonds is 4. The molecule has 0 rings (SSSR count). The van der Waals surface area contributed by atoms with E-state index in [1.54, 1.807) is 6.21 Å². The molecule has 2 nitrogen and oxygen atoms in total. The molecule has 0 saturated heterocycles. The summed E-state index contributed by atoms with van der Waals surface area (Å²) in [6, 6.07) is 0.469. The summed E-state index contributed by atoms with van der Waals surface area (Å²) in [5.74, 6) is 0.747. The molecule has 1 atom stereocenters. The predicted octanol–water partition coefficient (Wildman–Crippen LogP) is 1.94. The van der Waals surface area contributed by atoms with Gasteiger partial charge in [-0.05, 0) is 20.3 Å². The van der Waals surface area contributed by atoms with Crippen molar-refractivity contribution in [1.29, 1.82) is 0 Å². The van der Waals surface area contributed by atoms with Gasteiger partial charge in [0.1, 0.15) is 5.82 Å². The number of nitrogens with one attached hydrogen (secondary N) is 1. The minimum atomic E-state index is 0.469. The van der Waals surface area contributed by atoms with Crippen LogP contribution in [0.3, 0.4) is 0 Å². The quantitative estimate of drug-likeness (QED) is 0.593. The Morgan fingerprint density at radius 3 is 2.80 bits per heavy atom. The Labute approximate surface area is 63.0 Å². The zero-order chi connectivity index (χ0) is 7.98. The van der Waals surface area contributed by atoms with Gasteiger partial charge in [0.05, 0.1) is 0 Å². The van der Waals surface area contributed by atoms with Gasteiger partial charge in [-0.2, -0.15) is 0 Å². The van der Waals surface area contributed by atoms with Gasteiger partial charge >= 0.3 is 0 Å². The summed E-state index contributed by atoms with van der Waals surface area (Å²) in [7, 11) is 0. The first-order chi connectivity index (χ1) is 4.70. The van der Waals surface area contributed by atoms with Crippen LogP contribution >= 0.6 is 0 Å². The van der Waals surface area contributed by atoms with Crippen LogP contribution in [0.4, 0.5) is 0 Å². The first-order valence-electron chi connectivity index (χ1n) is 3.64. The minimum Gasteiger partial charge on any atom is -0.368 e. The van der Waals surface area contributed by atoms with Crippen LogP contribution in [0.25, 0.3) is 0 Å². The van der Waals surface area contributed by atoms with Crippen LogP contribution in [0, 0.1) is 0 Å². The van der Waals surface area contributed by atoms with Gasteiger partial charge in [-0.25, -0.2) is 4.99 Å². The average Bonchev–Trinajstić information content (AvgIpc) is 1.88. The second-order valence-corrected chi connectivity index (χ2v) is 2.29. The number of aliphatic imine (C=N–C) groups is 1. The van der Waals surface area contributed by atoms with Crippen molar-refractivity contribution in [2.75, 3.05) is 0 Å². The molecular weight excluding hydrogens is 124 g/mol. The van der Waals surface area contributed by atoms with E-state index in [2.05, 4.69) is 30.7 Å². The fourth-order valence-corrected chi connectivity index (χ4v) is 0.580. The molecule has 0 aromatic carbocycles. The molecule has 0 fully saturated rings. The zero-order valence-corrected chi connectivity index (χ0v) is 7.02. The second kappa shape index (κ2) is 5.03. The minimum absolute atomic E-state index is 0.469. The summed E-state index contributed by atoms with van der Waals surface area (Å²) >= 11 is 0. The lowest BCUT2D eigenvalue weighted by Crippen LogP contribution is -2.22. The number of hydrogen-bond donors (Lipinski definition) is 1. The fourth-order valence-electron chi connectivity index (χ4n) is 0.580. The molecule has 0 spiro atoms. The molecule has 0 saturated carbocycles. The average molecular weight is 140 g/mol. The highest BCUT2D eigenvalue weighted by Crippen LogP contribution is 1.93. The Balaban J connectivity index is 3.57. The summed E-state index contributed by atoms with van der Waals surface area (Å²) < 4.78 is 0. The third-order valence-corrected chi connectivity index (χ3v) is 1.31. The van der Waals surface area contributed by atoms with E-state index in [0.29, 0.717) is 6.04 Å². The van der Waals surface area contributed by atoms with E-state index in [4.69, 9.17) is 0 Å². The van der Waals surface area contributed by atoms with Crippen molar-refractivity contribution in [3.05, 3.63) is 12.4 Å². The molecule has 0 aromatic rings. The molecule has 0 radical (unpaired) electrons. The van der Waals surface area contributed by atoms with E-state index in [-0.39, 0.29) is 0 Å². The van der Waals surface area contributed by atoms with Crippen LogP contribution in [0.5, 0.6) is 0 Å². The van der Waals surface area contributed by atoms with Crippen molar-refractivity contribution in [3.8, 4) is 0 Å². The predicted molar refractivity (Wildman–Crippen MR) is 46.2 cm³/mol. The van der Waals surface area contributed by atoms with Crippen LogP contribution in [-0.4, -0.2) is 12.3 Å². The van der Waals surface area contributed by atoms with Gasteiger partial charge in [-0.1, -0.05) is 13.5 Å². The standard InChI is InChI=1S/C8H16N2/c1-5-7(3)10-8(4)9-6-2/h6-7,10H,4-5H2,1-3H3/b9-6-. The normalized spacial score (nSPS) is 13.5. The summed E-state index contributed by atoms with van der Waals surface area (Å²) in [6.07, 6.45) is 2.83. The monoisotopic (exact) mass is 140 g/mol. The molecule has 0 amide bonds. The smallest absolute Gasteiger partial charge is 0.118 e. The van der Waals surface area contributed by atoms with E-state index in [1.807, 2.05) is 6.92 Å². The van der Waals surface area contributed by atoms with Crippen molar-refractivity contribution in [2.24, 2.45) is 4.99 Å². The molecule has 1 unspecified atom stereocenters. The third kappa shape index (κ3) is 4.13. The molecule has 0 heterocycles. The second-order valence-electron chi connectivity index (χ2n) is 2.29. The summed E-state index contributed by atoms with van der Waals surface area (Å²) in [6.45, 7) is 9.83. The lowest BCUT2D eigenvalue weighted by molar-refractivity contribution is 0.594. The van der Waals surface area contributed by atoms with Crippen LogP contribution in [0.1, 0.15) is 27.2 Å². The summed E-state index contributed by atoms with van der Waals surface area (Å²) in [5.41, 5.74) is 0. The highest BCUT2D eigenvalue weighted by Gasteiger charge is 1.95. The highest BCUT2D eigenvalue weighted by molar-refractivity contribution is 5.54. The lowest BCUT2D eigenvalue weighted by Gasteiger charge is -2.10. The molecule has 58 valence electrons. The van der Waals surface area contributed by atoms with Gasteiger partial charge in [0.2, 0.25) is 0 Å². The molecule has 0 aliphatic rings. The molecule has 10 heavy (non-hydrogen) atoms. The molecule has 0 aromatic heterocycles. The maximum atomic E-state index is 3.98. The van der Waals surface area contributed by atoms with E-state index >= 15 is 0 Å². The van der Waals surface area contributed by atoms with Crippen molar-refractivity contribution >= 4 is 6.21 Å². The number of hydrogen-bond acceptors (Lipinski definition) is 2.